The first-order chi connectivity index (χ1) is 11.3. The number of pyridine rings is 1. The molecule has 2 aromatic carbocycles. The predicted molar refractivity (Wildman–Crippen MR) is 91.4 cm³/mol. The second-order valence-corrected chi connectivity index (χ2v) is 5.13. The summed E-state index contributed by atoms with van der Waals surface area (Å²) < 4.78 is 11.2. The number of benzene rings is 2. The number of anilines is 1. The number of nitrogens with two attached hydrogens (primary N) is 1. The third-order valence-corrected chi connectivity index (χ3v) is 3.50. The smallest absolute Gasteiger partial charge is 0.257 e. The van der Waals surface area contributed by atoms with E-state index < -0.39 is 0 Å². The zero-order chi connectivity index (χ0) is 16.1. The van der Waals surface area contributed by atoms with Crippen LogP contribution in [0.1, 0.15) is 5.56 Å². The number of ether oxygens (including phenoxy) is 2. The summed E-state index contributed by atoms with van der Waals surface area (Å²) in [6, 6.07) is 19.5. The summed E-state index contributed by atoms with van der Waals surface area (Å²) in [4.78, 5) is 4.38. The number of rotatable bonds is 5. The molecule has 2 N–H and O–H groups in total. The highest BCUT2D eigenvalue weighted by Gasteiger charge is 2.09. The monoisotopic (exact) mass is 306 g/mol. The van der Waals surface area contributed by atoms with E-state index in [1.165, 1.54) is 0 Å². The lowest BCUT2D eigenvalue weighted by Crippen LogP contribution is -2.00. The third kappa shape index (κ3) is 3.61. The van der Waals surface area contributed by atoms with Crippen LogP contribution < -0.4 is 15.2 Å². The van der Waals surface area contributed by atoms with E-state index in [-0.39, 0.29) is 0 Å². The Morgan fingerprint density at radius 2 is 1.70 bits per heavy atom. The Labute approximate surface area is 135 Å². The number of aromatic nitrogens is 1. The van der Waals surface area contributed by atoms with Gasteiger partial charge >= 0.3 is 0 Å². The van der Waals surface area contributed by atoms with Crippen molar-refractivity contribution in [3.63, 3.8) is 0 Å². The average Bonchev–Trinajstić information content (AvgIpc) is 2.61. The largest absolute Gasteiger partial charge is 0.491 e. The van der Waals surface area contributed by atoms with E-state index >= 15 is 0 Å². The molecule has 0 aliphatic heterocycles. The lowest BCUT2D eigenvalue weighted by atomic mass is 10.1. The predicted octanol–water partition coefficient (Wildman–Crippen LogP) is 3.92. The Kier molecular flexibility index (Phi) is 4.43. The molecule has 0 unspecified atom stereocenters. The van der Waals surface area contributed by atoms with E-state index in [1.807, 2.05) is 60.7 Å². The van der Waals surface area contributed by atoms with Crippen LogP contribution >= 0.6 is 0 Å². The van der Waals surface area contributed by atoms with Gasteiger partial charge in [-0.3, -0.25) is 0 Å². The Hall–Kier alpha value is -3.01. The minimum absolute atomic E-state index is 0.450. The van der Waals surface area contributed by atoms with E-state index in [9.17, 15) is 0 Å². The molecule has 0 radical (unpaired) electrons. The summed E-state index contributed by atoms with van der Waals surface area (Å²) in [5.41, 5.74) is 9.51. The number of nitrogens with zero attached hydrogens (tertiary/aromatic N) is 1. The maximum atomic E-state index is 5.77. The SMILES string of the molecule is COc1cc(-c2ccc(N)cc2)cnc1OCc1ccccc1. The molecule has 1 aromatic heterocycles. The van der Waals surface area contributed by atoms with Gasteiger partial charge in [0.1, 0.15) is 6.61 Å². The Morgan fingerprint density at radius 3 is 2.39 bits per heavy atom. The minimum Gasteiger partial charge on any atom is -0.491 e. The molecular weight excluding hydrogens is 288 g/mol. The summed E-state index contributed by atoms with van der Waals surface area (Å²) in [5, 5.41) is 0. The second kappa shape index (κ2) is 6.83. The lowest BCUT2D eigenvalue weighted by molar-refractivity contribution is 0.272. The van der Waals surface area contributed by atoms with Crippen molar-refractivity contribution in [3.8, 4) is 22.8 Å². The maximum Gasteiger partial charge on any atom is 0.257 e. The van der Waals surface area contributed by atoms with Gasteiger partial charge < -0.3 is 15.2 Å². The van der Waals surface area contributed by atoms with E-state index in [2.05, 4.69) is 4.98 Å². The molecule has 0 atom stereocenters. The van der Waals surface area contributed by atoms with Gasteiger partial charge in [0, 0.05) is 17.4 Å². The van der Waals surface area contributed by atoms with Gasteiger partial charge in [-0.05, 0) is 29.3 Å². The summed E-state index contributed by atoms with van der Waals surface area (Å²) in [6.07, 6.45) is 1.77. The molecule has 116 valence electrons. The number of nitrogen functional groups attached to an aromatic ring is 1. The summed E-state index contributed by atoms with van der Waals surface area (Å²) in [7, 11) is 1.61. The van der Waals surface area contributed by atoms with E-state index in [1.54, 1.807) is 13.3 Å². The van der Waals surface area contributed by atoms with Gasteiger partial charge in [0.05, 0.1) is 7.11 Å². The molecule has 4 nitrogen and oxygen atoms in total. The Bertz CT molecular complexity index is 771. The third-order valence-electron chi connectivity index (χ3n) is 3.50. The molecule has 0 amide bonds. The molecule has 0 aliphatic carbocycles. The van der Waals surface area contributed by atoms with E-state index in [0.29, 0.717) is 18.2 Å². The van der Waals surface area contributed by atoms with Gasteiger partial charge in [0.25, 0.3) is 5.88 Å². The van der Waals surface area contributed by atoms with Crippen molar-refractivity contribution in [3.05, 3.63) is 72.4 Å². The van der Waals surface area contributed by atoms with E-state index in [0.717, 1.165) is 22.4 Å². The van der Waals surface area contributed by atoms with Gasteiger partial charge in [-0.25, -0.2) is 4.98 Å². The molecular formula is C19H18N2O2. The van der Waals surface area contributed by atoms with Crippen molar-refractivity contribution in [1.29, 1.82) is 0 Å². The van der Waals surface area contributed by atoms with Crippen LogP contribution in [0.25, 0.3) is 11.1 Å². The number of hydrogen-bond acceptors (Lipinski definition) is 4. The first kappa shape index (κ1) is 14.9. The summed E-state index contributed by atoms with van der Waals surface area (Å²) in [6.45, 7) is 0.450. The fourth-order valence-corrected chi connectivity index (χ4v) is 2.25. The van der Waals surface area contributed by atoms with Crippen LogP contribution in [0, 0.1) is 0 Å². The van der Waals surface area contributed by atoms with Crippen molar-refractivity contribution >= 4 is 5.69 Å². The fourth-order valence-electron chi connectivity index (χ4n) is 2.25. The van der Waals surface area contributed by atoms with Crippen LogP contribution in [-0.2, 0) is 6.61 Å². The Balaban J connectivity index is 1.80. The molecule has 0 spiro atoms. The molecule has 4 heteroatoms. The fraction of sp³-hybridized carbons (Fsp3) is 0.105. The molecule has 0 fully saturated rings. The van der Waals surface area contributed by atoms with Gasteiger partial charge in [-0.2, -0.15) is 0 Å². The summed E-state index contributed by atoms with van der Waals surface area (Å²) >= 11 is 0. The van der Waals surface area contributed by atoms with Crippen LogP contribution in [0.2, 0.25) is 0 Å². The molecule has 3 rings (SSSR count). The van der Waals surface area contributed by atoms with Gasteiger partial charge in [0.2, 0.25) is 0 Å². The van der Waals surface area contributed by atoms with Crippen molar-refractivity contribution in [2.75, 3.05) is 12.8 Å². The molecule has 3 aromatic rings. The number of hydrogen-bond donors (Lipinski definition) is 1. The van der Waals surface area contributed by atoms with Crippen LogP contribution in [0.3, 0.4) is 0 Å². The lowest BCUT2D eigenvalue weighted by Gasteiger charge is -2.11. The van der Waals surface area contributed by atoms with Crippen LogP contribution in [0.15, 0.2) is 66.9 Å². The van der Waals surface area contributed by atoms with E-state index in [4.69, 9.17) is 15.2 Å². The Morgan fingerprint density at radius 1 is 0.957 bits per heavy atom. The maximum absolute atomic E-state index is 5.77. The van der Waals surface area contributed by atoms with Gasteiger partial charge in [-0.1, -0.05) is 42.5 Å². The molecule has 0 aliphatic rings. The van der Waals surface area contributed by atoms with Crippen LogP contribution in [-0.4, -0.2) is 12.1 Å². The minimum atomic E-state index is 0.450. The topological polar surface area (TPSA) is 57.4 Å². The van der Waals surface area contributed by atoms with Crippen molar-refractivity contribution < 1.29 is 9.47 Å². The second-order valence-electron chi connectivity index (χ2n) is 5.13. The van der Waals surface area contributed by atoms with Gasteiger partial charge in [-0.15, -0.1) is 0 Å². The zero-order valence-electron chi connectivity index (χ0n) is 12.9. The first-order valence-electron chi connectivity index (χ1n) is 7.33. The number of methoxy groups -OCH3 is 1. The molecule has 23 heavy (non-hydrogen) atoms. The quantitative estimate of drug-likeness (QED) is 0.726. The van der Waals surface area contributed by atoms with Crippen molar-refractivity contribution in [1.82, 2.24) is 4.98 Å². The highest BCUT2D eigenvalue weighted by atomic mass is 16.5. The highest BCUT2D eigenvalue weighted by Crippen LogP contribution is 2.30. The normalized spacial score (nSPS) is 10.3. The van der Waals surface area contributed by atoms with Crippen LogP contribution in [0.5, 0.6) is 11.6 Å². The molecule has 0 saturated heterocycles. The van der Waals surface area contributed by atoms with Crippen molar-refractivity contribution in [2.24, 2.45) is 0 Å². The highest BCUT2D eigenvalue weighted by molar-refractivity contribution is 5.67. The van der Waals surface area contributed by atoms with Crippen LogP contribution in [0.4, 0.5) is 5.69 Å². The van der Waals surface area contributed by atoms with Crippen molar-refractivity contribution in [2.45, 2.75) is 6.61 Å². The molecule has 0 saturated carbocycles. The average molecular weight is 306 g/mol. The standard InChI is InChI=1S/C19H18N2O2/c1-22-18-11-16(15-7-9-17(20)10-8-15)12-21-19(18)23-13-14-5-3-2-4-6-14/h2-12H,13,20H2,1H3. The van der Waals surface area contributed by atoms with Gasteiger partial charge in [0.15, 0.2) is 5.75 Å². The summed E-state index contributed by atoms with van der Waals surface area (Å²) in [5.74, 6) is 1.09. The molecule has 1 heterocycles. The molecule has 0 bridgehead atoms. The zero-order valence-corrected chi connectivity index (χ0v) is 12.9. The first-order valence-corrected chi connectivity index (χ1v) is 7.33.